The molecule has 1 aliphatic heterocycles. The molecule has 1 aromatic rings. The third-order valence-electron chi connectivity index (χ3n) is 3.55. The summed E-state index contributed by atoms with van der Waals surface area (Å²) in [5.74, 6) is -0.651. The Balaban J connectivity index is 1.90. The minimum absolute atomic E-state index is 0.198. The molecule has 1 aliphatic rings. The second-order valence-corrected chi connectivity index (χ2v) is 5.65. The lowest BCUT2D eigenvalue weighted by molar-refractivity contribution is -0.138. The summed E-state index contributed by atoms with van der Waals surface area (Å²) in [4.78, 5) is 29.2. The summed E-state index contributed by atoms with van der Waals surface area (Å²) in [6, 6.07) is -1.12. The van der Waals surface area contributed by atoms with Crippen LogP contribution in [0, 0.1) is 0 Å². The first-order valence-electron chi connectivity index (χ1n) is 6.62. The summed E-state index contributed by atoms with van der Waals surface area (Å²) < 4.78 is 1.77. The van der Waals surface area contributed by atoms with Crippen LogP contribution in [0.1, 0.15) is 25.0 Å². The normalized spacial score (nSPS) is 20.1. The maximum atomic E-state index is 12.3. The Morgan fingerprint density at radius 3 is 2.90 bits per heavy atom. The lowest BCUT2D eigenvalue weighted by atomic mass is 10.1. The van der Waals surface area contributed by atoms with Gasteiger partial charge in [-0.05, 0) is 35.1 Å². The van der Waals surface area contributed by atoms with E-state index >= 15 is 0 Å². The molecule has 7 nitrogen and oxygen atoms in total. The predicted molar refractivity (Wildman–Crippen MR) is 77.6 cm³/mol. The van der Waals surface area contributed by atoms with Gasteiger partial charge in [0.05, 0.1) is 18.1 Å². The van der Waals surface area contributed by atoms with Gasteiger partial charge in [-0.25, -0.2) is 4.98 Å². The quantitative estimate of drug-likeness (QED) is 0.698. The van der Waals surface area contributed by atoms with Crippen LogP contribution in [0.4, 0.5) is 0 Å². The number of hydrogen-bond donors (Lipinski definition) is 2. The fourth-order valence-corrected chi connectivity index (χ4v) is 2.71. The van der Waals surface area contributed by atoms with Gasteiger partial charge >= 0.3 is 0 Å². The summed E-state index contributed by atoms with van der Waals surface area (Å²) in [7, 11) is 2.49. The van der Waals surface area contributed by atoms with Crippen LogP contribution in [-0.4, -0.2) is 44.7 Å². The van der Waals surface area contributed by atoms with Crippen molar-refractivity contribution in [1.82, 2.24) is 14.2 Å². The summed E-state index contributed by atoms with van der Waals surface area (Å²) in [6.45, 7) is 0.556. The van der Waals surface area contributed by atoms with E-state index in [2.05, 4.69) is 14.4 Å². The largest absolute Gasteiger partial charge is 0.368 e. The minimum Gasteiger partial charge on any atom is -0.368 e. The number of nitrogens with zero attached hydrogens (tertiary/aromatic N) is 3. The first-order chi connectivity index (χ1) is 9.49. The fourth-order valence-electron chi connectivity index (χ4n) is 2.47. The molecule has 0 aromatic carbocycles. The highest BCUT2D eigenvalue weighted by molar-refractivity contribution is 7.14. The average Bonchev–Trinajstić information content (AvgIpc) is 3.03. The zero-order valence-corrected chi connectivity index (χ0v) is 12.4. The van der Waals surface area contributed by atoms with Gasteiger partial charge in [-0.1, -0.05) is 0 Å². The molecule has 1 fully saturated rings. The number of amides is 2. The van der Waals surface area contributed by atoms with Crippen molar-refractivity contribution in [2.45, 2.75) is 37.8 Å². The number of hydrogen-bond acceptors (Lipinski definition) is 4. The molecule has 20 heavy (non-hydrogen) atoms. The second-order valence-electron chi connectivity index (χ2n) is 5.05. The molecule has 0 radical (unpaired) electrons. The molecule has 2 amide bonds. The van der Waals surface area contributed by atoms with Crippen molar-refractivity contribution in [3.05, 3.63) is 18.2 Å². The van der Waals surface area contributed by atoms with Gasteiger partial charge in [0.25, 0.3) is 0 Å². The molecule has 1 saturated heterocycles. The fraction of sp³-hybridized carbons (Fsp3) is 0.583. The van der Waals surface area contributed by atoms with Gasteiger partial charge in [0, 0.05) is 12.7 Å². The van der Waals surface area contributed by atoms with E-state index in [4.69, 9.17) is 11.5 Å². The van der Waals surface area contributed by atoms with Crippen LogP contribution in [0.3, 0.4) is 0 Å². The summed E-state index contributed by atoms with van der Waals surface area (Å²) in [5.41, 5.74) is 12.1. The number of likely N-dealkylation sites (tertiary alicyclic amines) is 1. The van der Waals surface area contributed by atoms with Crippen molar-refractivity contribution in [2.24, 2.45) is 11.5 Å². The van der Waals surface area contributed by atoms with Gasteiger partial charge in [-0.2, -0.15) is 0 Å². The molecule has 1 unspecified atom stereocenters. The van der Waals surface area contributed by atoms with E-state index in [1.807, 2.05) is 6.20 Å². The van der Waals surface area contributed by atoms with Gasteiger partial charge in [0.15, 0.2) is 0 Å². The molecule has 8 heteroatoms. The molecule has 0 saturated carbocycles. The SMILES string of the molecule is NC(=O)[C@@H]1CCCN1C(=O)[C@@H](N)CCc1cn(P)cn1. The van der Waals surface area contributed by atoms with Crippen molar-refractivity contribution in [2.75, 3.05) is 6.54 Å². The van der Waals surface area contributed by atoms with Crippen LogP contribution in [0.25, 0.3) is 0 Å². The van der Waals surface area contributed by atoms with Crippen LogP contribution in [0.2, 0.25) is 0 Å². The van der Waals surface area contributed by atoms with E-state index in [-0.39, 0.29) is 5.91 Å². The number of rotatable bonds is 5. The highest BCUT2D eigenvalue weighted by Crippen LogP contribution is 2.18. The summed E-state index contributed by atoms with van der Waals surface area (Å²) >= 11 is 0. The van der Waals surface area contributed by atoms with Gasteiger partial charge in [0.1, 0.15) is 6.04 Å². The second kappa shape index (κ2) is 6.33. The van der Waals surface area contributed by atoms with Gasteiger partial charge in [0.2, 0.25) is 11.8 Å². The molecular formula is C12H20N5O2P. The molecule has 0 spiro atoms. The molecule has 1 aromatic heterocycles. The average molecular weight is 297 g/mol. The van der Waals surface area contributed by atoms with Crippen LogP contribution in [0.5, 0.6) is 0 Å². The third kappa shape index (κ3) is 3.35. The first kappa shape index (κ1) is 14.9. The molecule has 4 N–H and O–H groups in total. The highest BCUT2D eigenvalue weighted by Gasteiger charge is 2.34. The number of aryl methyl sites for hydroxylation is 1. The Morgan fingerprint density at radius 2 is 2.30 bits per heavy atom. The zero-order valence-electron chi connectivity index (χ0n) is 11.2. The molecule has 0 bridgehead atoms. The Hall–Kier alpha value is -1.46. The van der Waals surface area contributed by atoms with Gasteiger partial charge < -0.3 is 20.7 Å². The van der Waals surface area contributed by atoms with Crippen molar-refractivity contribution in [1.29, 1.82) is 0 Å². The molecular weight excluding hydrogens is 277 g/mol. The third-order valence-corrected chi connectivity index (χ3v) is 3.83. The van der Waals surface area contributed by atoms with Crippen molar-refractivity contribution in [3.63, 3.8) is 0 Å². The summed E-state index contributed by atoms with van der Waals surface area (Å²) in [6.07, 6.45) is 6.10. The van der Waals surface area contributed by atoms with Crippen molar-refractivity contribution < 1.29 is 9.59 Å². The van der Waals surface area contributed by atoms with E-state index < -0.39 is 18.0 Å². The van der Waals surface area contributed by atoms with E-state index in [1.165, 1.54) is 4.90 Å². The molecule has 2 heterocycles. The standard InChI is InChI=1S/C12H20N5O2P/c13-9(4-3-8-6-16(20)7-15-8)12(19)17-5-1-2-10(17)11(14)18/h6-7,9-10H,1-5,13,20H2,(H2,14,18)/t9-,10-/m0/s1. The number of aromatic nitrogens is 2. The van der Waals surface area contributed by atoms with Crippen LogP contribution < -0.4 is 11.5 Å². The number of carbonyl (C=O) groups excluding carboxylic acids is 2. The Morgan fingerprint density at radius 1 is 1.55 bits per heavy atom. The first-order valence-corrected chi connectivity index (χ1v) is 7.14. The van der Waals surface area contributed by atoms with Crippen molar-refractivity contribution >= 4 is 21.2 Å². The van der Waals surface area contributed by atoms with Crippen molar-refractivity contribution in [3.8, 4) is 0 Å². The minimum atomic E-state index is -0.621. The maximum Gasteiger partial charge on any atom is 0.240 e. The van der Waals surface area contributed by atoms with Crippen LogP contribution in [-0.2, 0) is 16.0 Å². The zero-order chi connectivity index (χ0) is 14.7. The van der Waals surface area contributed by atoms with E-state index in [0.717, 1.165) is 12.1 Å². The number of imidazole rings is 1. The van der Waals surface area contributed by atoms with Crippen LogP contribution >= 0.6 is 9.39 Å². The predicted octanol–water partition coefficient (Wildman–Crippen LogP) is -0.742. The highest BCUT2D eigenvalue weighted by atomic mass is 31.0. The van der Waals surface area contributed by atoms with Gasteiger partial charge in [-0.3, -0.25) is 9.59 Å². The monoisotopic (exact) mass is 297 g/mol. The molecule has 110 valence electrons. The molecule has 0 aliphatic carbocycles. The molecule has 3 atom stereocenters. The van der Waals surface area contributed by atoms with E-state index in [9.17, 15) is 9.59 Å². The lowest BCUT2D eigenvalue weighted by Gasteiger charge is -2.25. The molecule has 2 rings (SSSR count). The van der Waals surface area contributed by atoms with E-state index in [0.29, 0.717) is 25.8 Å². The van der Waals surface area contributed by atoms with E-state index in [1.54, 1.807) is 10.7 Å². The lowest BCUT2D eigenvalue weighted by Crippen LogP contribution is -2.50. The van der Waals surface area contributed by atoms with Gasteiger partial charge in [-0.15, -0.1) is 0 Å². The Labute approximate surface area is 119 Å². The number of carbonyl (C=O) groups is 2. The Bertz CT molecular complexity index is 504. The number of nitrogens with two attached hydrogens (primary N) is 2. The smallest absolute Gasteiger partial charge is 0.240 e. The number of primary amides is 1. The van der Waals surface area contributed by atoms with Crippen LogP contribution in [0.15, 0.2) is 12.5 Å². The maximum absolute atomic E-state index is 12.3. The topological polar surface area (TPSA) is 107 Å². The summed E-state index contributed by atoms with van der Waals surface area (Å²) in [5, 5.41) is 0. The Kier molecular flexibility index (Phi) is 4.73.